The zero-order valence-corrected chi connectivity index (χ0v) is 16.6. The average Bonchev–Trinajstić information content (AvgIpc) is 2.98. The maximum atomic E-state index is 13.1. The van der Waals surface area contributed by atoms with Gasteiger partial charge in [0, 0.05) is 0 Å². The van der Waals surface area contributed by atoms with Crippen LogP contribution in [0.2, 0.25) is 0 Å². The van der Waals surface area contributed by atoms with Gasteiger partial charge in [-0.1, -0.05) is 60.2 Å². The fourth-order valence-electron chi connectivity index (χ4n) is 3.54. The van der Waals surface area contributed by atoms with Gasteiger partial charge in [0.05, 0.1) is 27.8 Å². The summed E-state index contributed by atoms with van der Waals surface area (Å²) in [5, 5.41) is 0. The second-order valence-corrected chi connectivity index (χ2v) is 9.08. The molecule has 0 aromatic heterocycles. The molecule has 5 nitrogen and oxygen atoms in total. The SMILES string of the molecule is Cc1ccc(S(=O)(=O)CC(c2ccccc2)N2C(=O)c3ccccc3C2=O)cc1. The van der Waals surface area contributed by atoms with Crippen molar-refractivity contribution < 1.29 is 18.0 Å². The van der Waals surface area contributed by atoms with Crippen LogP contribution >= 0.6 is 0 Å². The largest absolute Gasteiger partial charge is 0.269 e. The number of rotatable bonds is 5. The summed E-state index contributed by atoms with van der Waals surface area (Å²) in [7, 11) is -3.74. The average molecular weight is 405 g/mol. The van der Waals surface area contributed by atoms with Crippen molar-refractivity contribution in [3.8, 4) is 0 Å². The molecule has 4 rings (SSSR count). The third-order valence-corrected chi connectivity index (χ3v) is 6.82. The molecule has 3 aromatic rings. The number of hydrogen-bond acceptors (Lipinski definition) is 4. The highest BCUT2D eigenvalue weighted by Crippen LogP contribution is 2.33. The van der Waals surface area contributed by atoms with Gasteiger partial charge in [-0.2, -0.15) is 0 Å². The number of amides is 2. The number of benzene rings is 3. The molecule has 0 N–H and O–H groups in total. The minimum atomic E-state index is -3.74. The van der Waals surface area contributed by atoms with Gasteiger partial charge in [-0.3, -0.25) is 14.5 Å². The number of sulfone groups is 1. The maximum absolute atomic E-state index is 13.1. The lowest BCUT2D eigenvalue weighted by Gasteiger charge is -2.26. The molecule has 1 heterocycles. The Morgan fingerprint density at radius 1 is 0.759 bits per heavy atom. The molecule has 0 saturated heterocycles. The summed E-state index contributed by atoms with van der Waals surface area (Å²) in [6.45, 7) is 1.88. The Morgan fingerprint density at radius 3 is 1.83 bits per heavy atom. The fraction of sp³-hybridized carbons (Fsp3) is 0.130. The van der Waals surface area contributed by atoms with E-state index in [0.29, 0.717) is 16.7 Å². The van der Waals surface area contributed by atoms with Gasteiger partial charge in [-0.25, -0.2) is 8.42 Å². The Bertz CT molecular complexity index is 1150. The molecule has 0 bridgehead atoms. The van der Waals surface area contributed by atoms with Crippen molar-refractivity contribution in [3.05, 3.63) is 101 Å². The molecule has 0 fully saturated rings. The van der Waals surface area contributed by atoms with Crippen molar-refractivity contribution in [1.29, 1.82) is 0 Å². The predicted octanol–water partition coefficient (Wildman–Crippen LogP) is 3.81. The topological polar surface area (TPSA) is 71.5 Å². The number of hydrogen-bond donors (Lipinski definition) is 0. The van der Waals surface area contributed by atoms with Crippen LogP contribution in [0.25, 0.3) is 0 Å². The summed E-state index contributed by atoms with van der Waals surface area (Å²) >= 11 is 0. The van der Waals surface area contributed by atoms with Gasteiger partial charge in [0.2, 0.25) is 0 Å². The van der Waals surface area contributed by atoms with Crippen LogP contribution in [0.3, 0.4) is 0 Å². The van der Waals surface area contributed by atoms with Gasteiger partial charge in [-0.15, -0.1) is 0 Å². The van der Waals surface area contributed by atoms with Crippen LogP contribution in [-0.2, 0) is 9.84 Å². The summed E-state index contributed by atoms with van der Waals surface area (Å²) < 4.78 is 26.2. The van der Waals surface area contributed by atoms with E-state index in [9.17, 15) is 18.0 Å². The van der Waals surface area contributed by atoms with Crippen LogP contribution < -0.4 is 0 Å². The Morgan fingerprint density at radius 2 is 1.28 bits per heavy atom. The lowest BCUT2D eigenvalue weighted by atomic mass is 10.1. The summed E-state index contributed by atoms with van der Waals surface area (Å²) in [6, 6.07) is 21.0. The first-order valence-corrected chi connectivity index (χ1v) is 10.8. The van der Waals surface area contributed by atoms with Crippen LogP contribution in [0.15, 0.2) is 83.8 Å². The molecule has 2 amide bonds. The van der Waals surface area contributed by atoms with Gasteiger partial charge in [0.15, 0.2) is 9.84 Å². The number of carbonyl (C=O) groups is 2. The van der Waals surface area contributed by atoms with Crippen LogP contribution in [0.1, 0.15) is 37.9 Å². The van der Waals surface area contributed by atoms with E-state index in [4.69, 9.17) is 0 Å². The molecule has 29 heavy (non-hydrogen) atoms. The lowest BCUT2D eigenvalue weighted by molar-refractivity contribution is 0.0597. The third kappa shape index (κ3) is 3.47. The van der Waals surface area contributed by atoms with Crippen molar-refractivity contribution in [2.45, 2.75) is 17.9 Å². The molecule has 1 aliphatic rings. The zero-order chi connectivity index (χ0) is 20.6. The Kier molecular flexibility index (Phi) is 4.80. The van der Waals surface area contributed by atoms with Gasteiger partial charge in [0.1, 0.15) is 0 Å². The molecule has 1 unspecified atom stereocenters. The van der Waals surface area contributed by atoms with Crippen molar-refractivity contribution in [2.24, 2.45) is 0 Å². The van der Waals surface area contributed by atoms with Crippen molar-refractivity contribution in [2.75, 3.05) is 5.75 Å². The Labute approximate surface area is 169 Å². The van der Waals surface area contributed by atoms with Gasteiger partial charge in [0.25, 0.3) is 11.8 Å². The molecular weight excluding hydrogens is 386 g/mol. The lowest BCUT2D eigenvalue weighted by Crippen LogP contribution is -2.37. The summed E-state index contributed by atoms with van der Waals surface area (Å²) in [5.74, 6) is -1.33. The van der Waals surface area contributed by atoms with Crippen LogP contribution in [-0.4, -0.2) is 30.9 Å². The number of imide groups is 1. The van der Waals surface area contributed by atoms with Crippen LogP contribution in [0, 0.1) is 6.92 Å². The van der Waals surface area contributed by atoms with Crippen molar-refractivity contribution in [3.63, 3.8) is 0 Å². The molecule has 1 atom stereocenters. The fourth-order valence-corrected chi connectivity index (χ4v) is 5.04. The minimum absolute atomic E-state index is 0.167. The number of carbonyl (C=O) groups excluding carboxylic acids is 2. The molecule has 0 spiro atoms. The van der Waals surface area contributed by atoms with Crippen LogP contribution in [0.5, 0.6) is 0 Å². The highest BCUT2D eigenvalue weighted by atomic mass is 32.2. The van der Waals surface area contributed by atoms with Gasteiger partial charge in [-0.05, 0) is 36.8 Å². The van der Waals surface area contributed by atoms with E-state index in [-0.39, 0.29) is 10.6 Å². The molecule has 3 aromatic carbocycles. The highest BCUT2D eigenvalue weighted by Gasteiger charge is 2.42. The first-order valence-electron chi connectivity index (χ1n) is 9.20. The van der Waals surface area contributed by atoms with E-state index in [1.807, 2.05) is 6.92 Å². The van der Waals surface area contributed by atoms with Crippen molar-refractivity contribution in [1.82, 2.24) is 4.90 Å². The normalized spacial score (nSPS) is 14.7. The molecule has 6 heteroatoms. The summed E-state index contributed by atoms with van der Waals surface area (Å²) in [4.78, 5) is 27.2. The summed E-state index contributed by atoms with van der Waals surface area (Å²) in [6.07, 6.45) is 0. The highest BCUT2D eigenvalue weighted by molar-refractivity contribution is 7.91. The Hall–Kier alpha value is -3.25. The van der Waals surface area contributed by atoms with E-state index in [2.05, 4.69) is 0 Å². The van der Waals surface area contributed by atoms with E-state index in [1.54, 1.807) is 78.9 Å². The second kappa shape index (κ2) is 7.29. The molecule has 0 radical (unpaired) electrons. The van der Waals surface area contributed by atoms with E-state index in [0.717, 1.165) is 10.5 Å². The van der Waals surface area contributed by atoms with E-state index >= 15 is 0 Å². The van der Waals surface area contributed by atoms with Gasteiger partial charge < -0.3 is 0 Å². The van der Waals surface area contributed by atoms with Crippen LogP contribution in [0.4, 0.5) is 0 Å². The molecule has 0 saturated carbocycles. The standard InChI is InChI=1S/C23H19NO4S/c1-16-11-13-18(14-12-16)29(27,28)15-21(17-7-3-2-4-8-17)24-22(25)19-9-5-6-10-20(19)23(24)26/h2-14,21H,15H2,1H3. The van der Waals surface area contributed by atoms with E-state index < -0.39 is 27.7 Å². The second-order valence-electron chi connectivity index (χ2n) is 7.05. The zero-order valence-electron chi connectivity index (χ0n) is 15.8. The maximum Gasteiger partial charge on any atom is 0.262 e. The first kappa shape index (κ1) is 19.1. The smallest absolute Gasteiger partial charge is 0.262 e. The third-order valence-electron chi connectivity index (χ3n) is 5.08. The molecule has 0 aliphatic carbocycles. The Balaban J connectivity index is 1.77. The summed E-state index contributed by atoms with van der Waals surface area (Å²) in [5.41, 5.74) is 2.14. The predicted molar refractivity (Wildman–Crippen MR) is 109 cm³/mol. The quantitative estimate of drug-likeness (QED) is 0.605. The molecule has 1 aliphatic heterocycles. The number of nitrogens with zero attached hydrogens (tertiary/aromatic N) is 1. The minimum Gasteiger partial charge on any atom is -0.269 e. The van der Waals surface area contributed by atoms with E-state index in [1.165, 1.54) is 0 Å². The number of aryl methyl sites for hydroxylation is 1. The first-order chi connectivity index (χ1) is 13.9. The number of fused-ring (bicyclic) bond motifs is 1. The monoisotopic (exact) mass is 405 g/mol. The van der Waals surface area contributed by atoms with Crippen molar-refractivity contribution >= 4 is 21.7 Å². The molecular formula is C23H19NO4S. The molecule has 146 valence electrons. The van der Waals surface area contributed by atoms with Gasteiger partial charge >= 0.3 is 0 Å².